The van der Waals surface area contributed by atoms with Crippen LogP contribution in [0.1, 0.15) is 36.2 Å². The summed E-state index contributed by atoms with van der Waals surface area (Å²) in [5, 5.41) is 1.57. The Labute approximate surface area is 98.8 Å². The minimum atomic E-state index is 0.0810. The smallest absolute Gasteiger partial charge is 0.162 e. The Hall–Kier alpha value is -1.28. The topological polar surface area (TPSA) is 22.0 Å². The van der Waals surface area contributed by atoms with Crippen LogP contribution in [-0.2, 0) is 0 Å². The molecular formula is C13H12ClNO. The maximum absolute atomic E-state index is 11.6. The van der Waals surface area contributed by atoms with E-state index in [1.54, 1.807) is 6.92 Å². The third-order valence-corrected chi connectivity index (χ3v) is 3.44. The van der Waals surface area contributed by atoms with Crippen molar-refractivity contribution >= 4 is 28.3 Å². The Bertz CT molecular complexity index is 581. The highest BCUT2D eigenvalue weighted by atomic mass is 35.5. The SMILES string of the molecule is CC(=O)c1cn(C2CC2)c2cccc(Cl)c12. The molecule has 0 atom stereocenters. The van der Waals surface area contributed by atoms with Gasteiger partial charge >= 0.3 is 0 Å². The molecule has 82 valence electrons. The van der Waals surface area contributed by atoms with E-state index in [9.17, 15) is 4.79 Å². The molecule has 0 amide bonds. The number of benzene rings is 1. The molecule has 0 bridgehead atoms. The van der Waals surface area contributed by atoms with Gasteiger partial charge in [0.1, 0.15) is 0 Å². The second-order valence-electron chi connectivity index (χ2n) is 4.37. The summed E-state index contributed by atoms with van der Waals surface area (Å²) in [4.78, 5) is 11.6. The molecule has 0 aliphatic heterocycles. The third kappa shape index (κ3) is 1.37. The van der Waals surface area contributed by atoms with Gasteiger partial charge < -0.3 is 4.57 Å². The highest BCUT2D eigenvalue weighted by Crippen LogP contribution is 2.40. The van der Waals surface area contributed by atoms with E-state index >= 15 is 0 Å². The van der Waals surface area contributed by atoms with Gasteiger partial charge in [-0.3, -0.25) is 4.79 Å². The summed E-state index contributed by atoms with van der Waals surface area (Å²) < 4.78 is 2.19. The van der Waals surface area contributed by atoms with Crippen LogP contribution in [0.5, 0.6) is 0 Å². The van der Waals surface area contributed by atoms with Gasteiger partial charge in [0.25, 0.3) is 0 Å². The number of aromatic nitrogens is 1. The fourth-order valence-electron chi connectivity index (χ4n) is 2.19. The van der Waals surface area contributed by atoms with Crippen LogP contribution in [0.25, 0.3) is 10.9 Å². The van der Waals surface area contributed by atoms with E-state index in [-0.39, 0.29) is 5.78 Å². The maximum Gasteiger partial charge on any atom is 0.162 e. The molecule has 1 aliphatic rings. The summed E-state index contributed by atoms with van der Waals surface area (Å²) >= 11 is 6.18. The van der Waals surface area contributed by atoms with Crippen molar-refractivity contribution < 1.29 is 4.79 Å². The molecule has 1 saturated carbocycles. The van der Waals surface area contributed by atoms with Crippen LogP contribution >= 0.6 is 11.6 Å². The first-order valence-corrected chi connectivity index (χ1v) is 5.86. The Morgan fingerprint density at radius 3 is 2.81 bits per heavy atom. The van der Waals surface area contributed by atoms with Crippen LogP contribution in [0.2, 0.25) is 5.02 Å². The normalized spacial score (nSPS) is 15.6. The number of ketones is 1. The molecule has 2 nitrogen and oxygen atoms in total. The molecule has 1 aromatic heterocycles. The van der Waals surface area contributed by atoms with Crippen molar-refractivity contribution in [2.75, 3.05) is 0 Å². The van der Waals surface area contributed by atoms with Crippen molar-refractivity contribution in [3.05, 3.63) is 35.0 Å². The van der Waals surface area contributed by atoms with E-state index < -0.39 is 0 Å². The largest absolute Gasteiger partial charge is 0.344 e. The maximum atomic E-state index is 11.6. The number of carbonyl (C=O) groups is 1. The van der Waals surface area contributed by atoms with E-state index in [1.807, 2.05) is 24.4 Å². The molecule has 1 aliphatic carbocycles. The number of fused-ring (bicyclic) bond motifs is 1. The average Bonchev–Trinajstić information content (AvgIpc) is 2.99. The third-order valence-electron chi connectivity index (χ3n) is 3.13. The van der Waals surface area contributed by atoms with Crippen LogP contribution in [-0.4, -0.2) is 10.4 Å². The Morgan fingerprint density at radius 1 is 1.44 bits per heavy atom. The molecule has 0 spiro atoms. The number of hydrogen-bond acceptors (Lipinski definition) is 1. The minimum Gasteiger partial charge on any atom is -0.344 e. The van der Waals surface area contributed by atoms with Gasteiger partial charge in [0.2, 0.25) is 0 Å². The summed E-state index contributed by atoms with van der Waals surface area (Å²) in [5.74, 6) is 0.0810. The van der Waals surface area contributed by atoms with Crippen molar-refractivity contribution in [1.82, 2.24) is 4.57 Å². The summed E-state index contributed by atoms with van der Waals surface area (Å²) in [7, 11) is 0. The highest BCUT2D eigenvalue weighted by molar-refractivity contribution is 6.36. The van der Waals surface area contributed by atoms with Crippen LogP contribution in [0.3, 0.4) is 0 Å². The molecule has 3 rings (SSSR count). The second-order valence-corrected chi connectivity index (χ2v) is 4.78. The molecule has 16 heavy (non-hydrogen) atoms. The molecule has 0 N–H and O–H groups in total. The number of rotatable bonds is 2. The van der Waals surface area contributed by atoms with Gasteiger partial charge in [0, 0.05) is 23.2 Å². The number of Topliss-reactive ketones (excluding diaryl/α,β-unsaturated/α-hetero) is 1. The van der Waals surface area contributed by atoms with Gasteiger partial charge in [-0.1, -0.05) is 17.7 Å². The highest BCUT2D eigenvalue weighted by Gasteiger charge is 2.26. The molecular weight excluding hydrogens is 222 g/mol. The average molecular weight is 234 g/mol. The first-order valence-electron chi connectivity index (χ1n) is 5.48. The van der Waals surface area contributed by atoms with Crippen LogP contribution in [0.15, 0.2) is 24.4 Å². The zero-order valence-electron chi connectivity index (χ0n) is 9.03. The Balaban J connectivity index is 2.37. The van der Waals surface area contributed by atoms with E-state index in [0.29, 0.717) is 11.1 Å². The standard InChI is InChI=1S/C13H12ClNO/c1-8(16)10-7-15(9-5-6-9)12-4-2-3-11(14)13(10)12/h2-4,7,9H,5-6H2,1H3. The first-order chi connectivity index (χ1) is 7.68. The number of nitrogens with zero attached hydrogens (tertiary/aromatic N) is 1. The zero-order valence-corrected chi connectivity index (χ0v) is 9.79. The predicted molar refractivity (Wildman–Crippen MR) is 65.2 cm³/mol. The Morgan fingerprint density at radius 2 is 2.19 bits per heavy atom. The molecule has 1 fully saturated rings. The monoisotopic (exact) mass is 233 g/mol. The number of hydrogen-bond donors (Lipinski definition) is 0. The molecule has 0 unspecified atom stereocenters. The molecule has 0 radical (unpaired) electrons. The molecule has 2 aromatic rings. The fraction of sp³-hybridized carbons (Fsp3) is 0.308. The lowest BCUT2D eigenvalue weighted by molar-refractivity contribution is 0.101. The van der Waals surface area contributed by atoms with Crippen molar-refractivity contribution in [3.63, 3.8) is 0 Å². The summed E-state index contributed by atoms with van der Waals surface area (Å²) in [6, 6.07) is 6.38. The van der Waals surface area contributed by atoms with Crippen molar-refractivity contribution in [1.29, 1.82) is 0 Å². The van der Waals surface area contributed by atoms with Crippen molar-refractivity contribution in [2.45, 2.75) is 25.8 Å². The Kier molecular flexibility index (Phi) is 2.08. The molecule has 1 heterocycles. The summed E-state index contributed by atoms with van der Waals surface area (Å²) in [6.07, 6.45) is 4.36. The van der Waals surface area contributed by atoms with Gasteiger partial charge in [0.15, 0.2) is 5.78 Å². The summed E-state index contributed by atoms with van der Waals surface area (Å²) in [6.45, 7) is 1.59. The van der Waals surface area contributed by atoms with Gasteiger partial charge in [-0.05, 0) is 31.9 Å². The van der Waals surface area contributed by atoms with Gasteiger partial charge in [-0.25, -0.2) is 0 Å². The second kappa shape index (κ2) is 3.36. The van der Waals surface area contributed by atoms with Gasteiger partial charge in [-0.2, -0.15) is 0 Å². The molecule has 0 saturated heterocycles. The van der Waals surface area contributed by atoms with Crippen LogP contribution in [0, 0.1) is 0 Å². The lowest BCUT2D eigenvalue weighted by Gasteiger charge is -2.01. The summed E-state index contributed by atoms with van der Waals surface area (Å²) in [5.41, 5.74) is 1.83. The van der Waals surface area contributed by atoms with E-state index in [0.717, 1.165) is 16.5 Å². The number of halogens is 1. The molecule has 3 heteroatoms. The lowest BCUT2D eigenvalue weighted by Crippen LogP contribution is -1.91. The van der Waals surface area contributed by atoms with Gasteiger partial charge in [0.05, 0.1) is 10.5 Å². The van der Waals surface area contributed by atoms with Crippen molar-refractivity contribution in [3.8, 4) is 0 Å². The van der Waals surface area contributed by atoms with E-state index in [1.165, 1.54) is 12.8 Å². The first kappa shape index (κ1) is 9.91. The van der Waals surface area contributed by atoms with E-state index in [2.05, 4.69) is 4.57 Å². The fourth-order valence-corrected chi connectivity index (χ4v) is 2.46. The molecule has 1 aromatic carbocycles. The van der Waals surface area contributed by atoms with Crippen molar-refractivity contribution in [2.24, 2.45) is 0 Å². The lowest BCUT2D eigenvalue weighted by atomic mass is 10.1. The van der Waals surface area contributed by atoms with E-state index in [4.69, 9.17) is 11.6 Å². The minimum absolute atomic E-state index is 0.0810. The van der Waals surface area contributed by atoms with Crippen LogP contribution < -0.4 is 0 Å². The van der Waals surface area contributed by atoms with Gasteiger partial charge in [-0.15, -0.1) is 0 Å². The van der Waals surface area contributed by atoms with Crippen LogP contribution in [0.4, 0.5) is 0 Å². The zero-order chi connectivity index (χ0) is 11.3. The predicted octanol–water partition coefficient (Wildman–Crippen LogP) is 3.83. The number of carbonyl (C=O) groups excluding carboxylic acids is 1. The quantitative estimate of drug-likeness (QED) is 0.723.